The standard InChI is InChI=1S/C20H13F5N4O3S/c1-10(16-26-15(29-32-16)12-3-2-4-13(9-12)20(23,24)25)33-19-28-27-17(31-19)11-5-7-14(8-6-11)30-18(21)22/h2-10,18H,1H3. The van der Waals surface area contributed by atoms with Crippen LogP contribution in [-0.4, -0.2) is 26.9 Å². The number of hydrogen-bond acceptors (Lipinski definition) is 8. The van der Waals surface area contributed by atoms with Crippen molar-refractivity contribution in [3.8, 4) is 28.6 Å². The van der Waals surface area contributed by atoms with Crippen LogP contribution in [0.3, 0.4) is 0 Å². The molecule has 0 spiro atoms. The van der Waals surface area contributed by atoms with Gasteiger partial charge in [0.15, 0.2) is 0 Å². The molecule has 1 unspecified atom stereocenters. The van der Waals surface area contributed by atoms with Gasteiger partial charge in [0.05, 0.1) is 10.8 Å². The van der Waals surface area contributed by atoms with Crippen LogP contribution >= 0.6 is 11.8 Å². The molecule has 0 fully saturated rings. The molecule has 2 heterocycles. The minimum absolute atomic E-state index is 0.00976. The van der Waals surface area contributed by atoms with Crippen molar-refractivity contribution in [3.05, 3.63) is 60.0 Å². The normalized spacial score (nSPS) is 12.8. The van der Waals surface area contributed by atoms with Gasteiger partial charge in [0.2, 0.25) is 17.6 Å². The number of rotatable bonds is 7. The van der Waals surface area contributed by atoms with Gasteiger partial charge in [0, 0.05) is 11.1 Å². The lowest BCUT2D eigenvalue weighted by molar-refractivity contribution is -0.137. The Morgan fingerprint density at radius 2 is 1.76 bits per heavy atom. The quantitative estimate of drug-likeness (QED) is 0.224. The van der Waals surface area contributed by atoms with E-state index in [9.17, 15) is 22.0 Å². The minimum Gasteiger partial charge on any atom is -0.435 e. The Morgan fingerprint density at radius 1 is 1.00 bits per heavy atom. The van der Waals surface area contributed by atoms with E-state index in [4.69, 9.17) is 8.94 Å². The highest BCUT2D eigenvalue weighted by Gasteiger charge is 2.31. The second-order valence-electron chi connectivity index (χ2n) is 6.57. The fourth-order valence-corrected chi connectivity index (χ4v) is 3.42. The monoisotopic (exact) mass is 484 g/mol. The van der Waals surface area contributed by atoms with Crippen molar-refractivity contribution in [2.75, 3.05) is 0 Å². The van der Waals surface area contributed by atoms with Crippen molar-refractivity contribution in [1.82, 2.24) is 20.3 Å². The highest BCUT2D eigenvalue weighted by molar-refractivity contribution is 7.99. The van der Waals surface area contributed by atoms with E-state index in [0.29, 0.717) is 5.56 Å². The van der Waals surface area contributed by atoms with E-state index in [2.05, 4.69) is 25.1 Å². The smallest absolute Gasteiger partial charge is 0.416 e. The predicted octanol–water partition coefficient (Wildman–Crippen LogP) is 6.26. The molecule has 13 heteroatoms. The third kappa shape index (κ3) is 5.48. The number of thioether (sulfide) groups is 1. The maximum absolute atomic E-state index is 12.9. The molecule has 4 aromatic rings. The van der Waals surface area contributed by atoms with Crippen molar-refractivity contribution in [2.45, 2.75) is 30.2 Å². The maximum Gasteiger partial charge on any atom is 0.416 e. The summed E-state index contributed by atoms with van der Waals surface area (Å²) in [5.74, 6) is 0.314. The van der Waals surface area contributed by atoms with Gasteiger partial charge in [-0.25, -0.2) is 0 Å². The van der Waals surface area contributed by atoms with Crippen LogP contribution in [-0.2, 0) is 6.18 Å². The molecule has 0 aliphatic carbocycles. The van der Waals surface area contributed by atoms with Gasteiger partial charge in [-0.1, -0.05) is 29.1 Å². The third-order valence-electron chi connectivity index (χ3n) is 4.25. The van der Waals surface area contributed by atoms with Crippen LogP contribution in [0.25, 0.3) is 22.8 Å². The van der Waals surface area contributed by atoms with Crippen molar-refractivity contribution in [2.24, 2.45) is 0 Å². The second kappa shape index (κ2) is 9.17. The molecule has 0 radical (unpaired) electrons. The lowest BCUT2D eigenvalue weighted by Gasteiger charge is -2.06. The topological polar surface area (TPSA) is 87.1 Å². The first kappa shape index (κ1) is 22.7. The molecule has 0 bridgehead atoms. The molecule has 33 heavy (non-hydrogen) atoms. The Labute approximate surface area is 187 Å². The summed E-state index contributed by atoms with van der Waals surface area (Å²) in [6.45, 7) is -1.21. The lowest BCUT2D eigenvalue weighted by Crippen LogP contribution is -2.04. The molecule has 172 valence electrons. The Morgan fingerprint density at radius 3 is 2.45 bits per heavy atom. The zero-order chi connectivity index (χ0) is 23.6. The molecule has 7 nitrogen and oxygen atoms in total. The van der Waals surface area contributed by atoms with Gasteiger partial charge in [-0.3, -0.25) is 0 Å². The number of alkyl halides is 5. The molecule has 0 saturated carbocycles. The fourth-order valence-electron chi connectivity index (χ4n) is 2.71. The van der Waals surface area contributed by atoms with E-state index >= 15 is 0 Å². The summed E-state index contributed by atoms with van der Waals surface area (Å²) in [4.78, 5) is 4.17. The number of nitrogens with zero attached hydrogens (tertiary/aromatic N) is 4. The third-order valence-corrected chi connectivity index (χ3v) is 5.17. The number of aromatic nitrogens is 4. The van der Waals surface area contributed by atoms with Crippen LogP contribution in [0.1, 0.15) is 23.6 Å². The number of hydrogen-bond donors (Lipinski definition) is 0. The number of halogens is 5. The Balaban J connectivity index is 1.44. The van der Waals surface area contributed by atoms with Crippen molar-refractivity contribution < 1.29 is 35.6 Å². The summed E-state index contributed by atoms with van der Waals surface area (Å²) in [5, 5.41) is 11.3. The first-order chi connectivity index (χ1) is 15.7. The van der Waals surface area contributed by atoms with Gasteiger partial charge in [0.1, 0.15) is 5.75 Å². The highest BCUT2D eigenvalue weighted by atomic mass is 32.2. The van der Waals surface area contributed by atoms with E-state index in [1.807, 2.05) is 0 Å². The van der Waals surface area contributed by atoms with Gasteiger partial charge >= 0.3 is 12.8 Å². The average Bonchev–Trinajstić information content (AvgIpc) is 3.43. The van der Waals surface area contributed by atoms with E-state index < -0.39 is 23.6 Å². The zero-order valence-corrected chi connectivity index (χ0v) is 17.4. The maximum atomic E-state index is 12.9. The fraction of sp³-hybridized carbons (Fsp3) is 0.200. The Bertz CT molecular complexity index is 1230. The van der Waals surface area contributed by atoms with Crippen molar-refractivity contribution in [3.63, 3.8) is 0 Å². The van der Waals surface area contributed by atoms with Gasteiger partial charge in [-0.2, -0.15) is 26.9 Å². The van der Waals surface area contributed by atoms with Crippen LogP contribution < -0.4 is 4.74 Å². The van der Waals surface area contributed by atoms with E-state index in [1.165, 1.54) is 36.4 Å². The predicted molar refractivity (Wildman–Crippen MR) is 105 cm³/mol. The lowest BCUT2D eigenvalue weighted by atomic mass is 10.1. The molecule has 1 atom stereocenters. The van der Waals surface area contributed by atoms with Crippen LogP contribution in [0.4, 0.5) is 22.0 Å². The summed E-state index contributed by atoms with van der Waals surface area (Å²) >= 11 is 1.10. The largest absolute Gasteiger partial charge is 0.435 e. The SMILES string of the molecule is CC(Sc1nnc(-c2ccc(OC(F)F)cc2)o1)c1nc(-c2cccc(C(F)(F)F)c2)no1. The van der Waals surface area contributed by atoms with E-state index in [-0.39, 0.29) is 34.1 Å². The molecule has 2 aromatic heterocycles. The molecule has 0 aliphatic rings. The van der Waals surface area contributed by atoms with Crippen LogP contribution in [0.15, 0.2) is 62.7 Å². The summed E-state index contributed by atoms with van der Waals surface area (Å²) in [6, 6.07) is 10.3. The number of ether oxygens (including phenoxy) is 1. The summed E-state index contributed by atoms with van der Waals surface area (Å²) in [6.07, 6.45) is -4.49. The minimum atomic E-state index is -4.49. The van der Waals surface area contributed by atoms with Crippen molar-refractivity contribution in [1.29, 1.82) is 0 Å². The first-order valence-electron chi connectivity index (χ1n) is 9.25. The van der Waals surface area contributed by atoms with Gasteiger partial charge in [-0.05, 0) is 43.3 Å². The van der Waals surface area contributed by atoms with Crippen LogP contribution in [0.5, 0.6) is 5.75 Å². The molecular formula is C20H13F5N4O3S. The average molecular weight is 484 g/mol. The van der Waals surface area contributed by atoms with Crippen LogP contribution in [0.2, 0.25) is 0 Å². The Hall–Kier alpha value is -3.48. The van der Waals surface area contributed by atoms with Gasteiger partial charge in [-0.15, -0.1) is 10.2 Å². The highest BCUT2D eigenvalue weighted by Crippen LogP contribution is 2.36. The number of benzene rings is 2. The molecule has 2 aromatic carbocycles. The molecular weight excluding hydrogens is 471 g/mol. The molecule has 0 saturated heterocycles. The summed E-state index contributed by atoms with van der Waals surface area (Å²) in [5.41, 5.74) is -0.162. The molecule has 0 aliphatic heterocycles. The van der Waals surface area contributed by atoms with E-state index in [0.717, 1.165) is 23.9 Å². The molecule has 0 N–H and O–H groups in total. The van der Waals surface area contributed by atoms with Gasteiger partial charge in [0.25, 0.3) is 5.22 Å². The summed E-state index contributed by atoms with van der Waals surface area (Å²) < 4.78 is 78.3. The van der Waals surface area contributed by atoms with E-state index in [1.54, 1.807) is 6.92 Å². The second-order valence-corrected chi connectivity index (χ2v) is 7.86. The zero-order valence-electron chi connectivity index (χ0n) is 16.6. The van der Waals surface area contributed by atoms with Gasteiger partial charge < -0.3 is 13.7 Å². The first-order valence-corrected chi connectivity index (χ1v) is 10.1. The molecule has 4 rings (SSSR count). The molecule has 0 amide bonds. The Kier molecular flexibility index (Phi) is 6.31. The summed E-state index contributed by atoms with van der Waals surface area (Å²) in [7, 11) is 0. The van der Waals surface area contributed by atoms with Crippen molar-refractivity contribution >= 4 is 11.8 Å². The van der Waals surface area contributed by atoms with Crippen LogP contribution in [0, 0.1) is 0 Å².